The molecule has 0 fully saturated rings. The summed E-state index contributed by atoms with van der Waals surface area (Å²) in [5.74, 6) is -0.257. The third kappa shape index (κ3) is 4.46. The van der Waals surface area contributed by atoms with Crippen LogP contribution in [0.15, 0.2) is 77.7 Å². The van der Waals surface area contributed by atoms with Crippen LogP contribution in [-0.2, 0) is 9.84 Å². The Balaban J connectivity index is 2.07. The normalized spacial score (nSPS) is 12.5. The first-order valence-electron chi connectivity index (χ1n) is 8.63. The number of Topliss-reactive ketones (excluding diaryl/α,β-unsaturated/α-hetero) is 1. The van der Waals surface area contributed by atoms with E-state index >= 15 is 0 Å². The maximum atomic E-state index is 13.4. The molecule has 3 rings (SSSR count). The number of carbonyl (C=O) groups excluding carboxylic acids is 1. The van der Waals surface area contributed by atoms with E-state index in [1.54, 1.807) is 66.7 Å². The van der Waals surface area contributed by atoms with Crippen LogP contribution in [0.2, 0.25) is 10.0 Å². The quantitative estimate of drug-likeness (QED) is 0.442. The number of hydrogen-bond acceptors (Lipinski definition) is 3. The van der Waals surface area contributed by atoms with E-state index < -0.39 is 15.1 Å². The van der Waals surface area contributed by atoms with E-state index in [4.69, 9.17) is 23.2 Å². The molecular formula is C22H18Cl2O3S. The highest BCUT2D eigenvalue weighted by atomic mass is 35.5. The van der Waals surface area contributed by atoms with Gasteiger partial charge in [0.25, 0.3) is 0 Å². The van der Waals surface area contributed by atoms with E-state index in [0.717, 1.165) is 5.56 Å². The Morgan fingerprint density at radius 2 is 1.54 bits per heavy atom. The highest BCUT2D eigenvalue weighted by Gasteiger charge is 2.32. The summed E-state index contributed by atoms with van der Waals surface area (Å²) in [7, 11) is -3.83. The molecule has 0 radical (unpaired) electrons. The molecule has 0 unspecified atom stereocenters. The first-order chi connectivity index (χ1) is 13.3. The van der Waals surface area contributed by atoms with Gasteiger partial charge in [-0.2, -0.15) is 0 Å². The van der Waals surface area contributed by atoms with Gasteiger partial charge >= 0.3 is 0 Å². The van der Waals surface area contributed by atoms with Crippen LogP contribution < -0.4 is 0 Å². The second kappa shape index (κ2) is 8.48. The van der Waals surface area contributed by atoms with Crippen LogP contribution in [0.25, 0.3) is 0 Å². The highest BCUT2D eigenvalue weighted by Crippen LogP contribution is 2.36. The van der Waals surface area contributed by atoms with Gasteiger partial charge in [-0.3, -0.25) is 4.79 Å². The topological polar surface area (TPSA) is 51.2 Å². The van der Waals surface area contributed by atoms with Crippen molar-refractivity contribution in [3.63, 3.8) is 0 Å². The number of hydrogen-bond donors (Lipinski definition) is 0. The van der Waals surface area contributed by atoms with Crippen molar-refractivity contribution in [3.05, 3.63) is 99.5 Å². The first-order valence-corrected chi connectivity index (χ1v) is 10.9. The third-order valence-corrected chi connectivity index (χ3v) is 7.36. The number of sulfone groups is 1. The Morgan fingerprint density at radius 3 is 2.14 bits per heavy atom. The van der Waals surface area contributed by atoms with Crippen LogP contribution in [-0.4, -0.2) is 14.2 Å². The number of carbonyl (C=O) groups is 1. The van der Waals surface area contributed by atoms with E-state index in [0.29, 0.717) is 16.1 Å². The number of rotatable bonds is 6. The molecule has 0 aliphatic rings. The van der Waals surface area contributed by atoms with Gasteiger partial charge in [0.2, 0.25) is 0 Å². The van der Waals surface area contributed by atoms with Crippen LogP contribution >= 0.6 is 23.2 Å². The zero-order valence-corrected chi connectivity index (χ0v) is 17.4. The van der Waals surface area contributed by atoms with Crippen molar-refractivity contribution in [2.75, 3.05) is 0 Å². The lowest BCUT2D eigenvalue weighted by Gasteiger charge is -2.19. The molecule has 0 aliphatic heterocycles. The molecule has 0 aliphatic carbocycles. The molecule has 0 heterocycles. The van der Waals surface area contributed by atoms with E-state index in [9.17, 15) is 13.2 Å². The number of ketones is 1. The molecule has 3 nitrogen and oxygen atoms in total. The third-order valence-electron chi connectivity index (χ3n) is 4.51. The fraction of sp³-hybridized carbons (Fsp3) is 0.136. The standard InChI is InChI=1S/C22H18Cl2O3S/c1-15-7-10-18(11-8-15)28(26,27)22(17-9-12-19(23)20(24)13-17)14-21(25)16-5-3-2-4-6-16/h2-13,22H,14H2,1H3/t22-/m1/s1. The molecule has 0 aromatic heterocycles. The second-order valence-corrected chi connectivity index (χ2v) is 9.46. The van der Waals surface area contributed by atoms with Crippen molar-refractivity contribution in [2.45, 2.75) is 23.5 Å². The van der Waals surface area contributed by atoms with Crippen molar-refractivity contribution in [3.8, 4) is 0 Å². The Morgan fingerprint density at radius 1 is 0.893 bits per heavy atom. The van der Waals surface area contributed by atoms with Gasteiger partial charge in [-0.15, -0.1) is 0 Å². The van der Waals surface area contributed by atoms with Gasteiger partial charge in [-0.25, -0.2) is 8.42 Å². The predicted molar refractivity (Wildman–Crippen MR) is 113 cm³/mol. The van der Waals surface area contributed by atoms with Crippen LogP contribution in [0.3, 0.4) is 0 Å². The molecule has 0 amide bonds. The van der Waals surface area contributed by atoms with Crippen molar-refractivity contribution in [1.29, 1.82) is 0 Å². The second-order valence-electron chi connectivity index (χ2n) is 6.51. The number of aryl methyl sites for hydroxylation is 1. The van der Waals surface area contributed by atoms with Gasteiger partial charge in [0.1, 0.15) is 0 Å². The Labute approximate surface area is 174 Å². The lowest BCUT2D eigenvalue weighted by molar-refractivity contribution is 0.0980. The monoisotopic (exact) mass is 432 g/mol. The molecule has 0 bridgehead atoms. The minimum absolute atomic E-state index is 0.162. The zero-order valence-electron chi connectivity index (χ0n) is 15.1. The summed E-state index contributed by atoms with van der Waals surface area (Å²) in [5, 5.41) is -0.501. The molecule has 6 heteroatoms. The van der Waals surface area contributed by atoms with E-state index in [1.165, 1.54) is 6.07 Å². The van der Waals surface area contributed by atoms with Crippen molar-refractivity contribution >= 4 is 38.8 Å². The van der Waals surface area contributed by atoms with E-state index in [-0.39, 0.29) is 22.1 Å². The molecule has 1 atom stereocenters. The first kappa shape index (κ1) is 20.6. The Hall–Kier alpha value is -2.14. The van der Waals surface area contributed by atoms with E-state index in [2.05, 4.69) is 0 Å². The summed E-state index contributed by atoms with van der Waals surface area (Å²) in [5.41, 5.74) is 1.84. The van der Waals surface area contributed by atoms with Crippen LogP contribution in [0.4, 0.5) is 0 Å². The lowest BCUT2D eigenvalue weighted by Crippen LogP contribution is -2.18. The summed E-state index contributed by atoms with van der Waals surface area (Å²) in [6.45, 7) is 1.88. The largest absolute Gasteiger partial charge is 0.294 e. The SMILES string of the molecule is Cc1ccc(S(=O)(=O)[C@H](CC(=O)c2ccccc2)c2ccc(Cl)c(Cl)c2)cc1. The summed E-state index contributed by atoms with van der Waals surface area (Å²) < 4.78 is 26.8. The lowest BCUT2D eigenvalue weighted by atomic mass is 10.0. The average Bonchev–Trinajstić information content (AvgIpc) is 2.69. The summed E-state index contributed by atoms with van der Waals surface area (Å²) in [4.78, 5) is 13.0. The van der Waals surface area contributed by atoms with Crippen molar-refractivity contribution in [1.82, 2.24) is 0 Å². The minimum Gasteiger partial charge on any atom is -0.294 e. The van der Waals surface area contributed by atoms with Crippen LogP contribution in [0, 0.1) is 6.92 Å². The van der Waals surface area contributed by atoms with Crippen LogP contribution in [0.5, 0.6) is 0 Å². The molecule has 144 valence electrons. The average molecular weight is 433 g/mol. The molecule has 0 saturated heterocycles. The van der Waals surface area contributed by atoms with Gasteiger partial charge in [0.15, 0.2) is 15.6 Å². The number of halogens is 2. The molecule has 3 aromatic carbocycles. The highest BCUT2D eigenvalue weighted by molar-refractivity contribution is 7.91. The molecule has 0 spiro atoms. The van der Waals surface area contributed by atoms with E-state index in [1.807, 2.05) is 6.92 Å². The molecule has 0 N–H and O–H groups in total. The minimum atomic E-state index is -3.83. The van der Waals surface area contributed by atoms with Gasteiger partial charge in [-0.05, 0) is 36.8 Å². The molecule has 28 heavy (non-hydrogen) atoms. The zero-order chi connectivity index (χ0) is 20.3. The summed E-state index contributed by atoms with van der Waals surface area (Å²) >= 11 is 12.1. The summed E-state index contributed by atoms with van der Waals surface area (Å²) in [6.07, 6.45) is -0.196. The smallest absolute Gasteiger partial charge is 0.185 e. The summed E-state index contributed by atoms with van der Waals surface area (Å²) in [6, 6.07) is 19.9. The molecular weight excluding hydrogens is 415 g/mol. The molecule has 3 aromatic rings. The fourth-order valence-electron chi connectivity index (χ4n) is 2.92. The van der Waals surface area contributed by atoms with Crippen molar-refractivity contribution in [2.24, 2.45) is 0 Å². The number of benzene rings is 3. The van der Waals surface area contributed by atoms with Gasteiger partial charge in [0, 0.05) is 12.0 Å². The van der Waals surface area contributed by atoms with Gasteiger partial charge in [-0.1, -0.05) is 77.3 Å². The maximum Gasteiger partial charge on any atom is 0.185 e. The fourth-order valence-corrected chi connectivity index (χ4v) is 4.95. The van der Waals surface area contributed by atoms with Crippen molar-refractivity contribution < 1.29 is 13.2 Å². The Kier molecular flexibility index (Phi) is 6.23. The molecule has 0 saturated carbocycles. The van der Waals surface area contributed by atoms with Crippen LogP contribution in [0.1, 0.15) is 33.2 Å². The van der Waals surface area contributed by atoms with Gasteiger partial charge < -0.3 is 0 Å². The Bertz CT molecular complexity index is 1090. The predicted octanol–water partition coefficient (Wildman–Crippen LogP) is 6.09. The van der Waals surface area contributed by atoms with Gasteiger partial charge in [0.05, 0.1) is 20.2 Å². The maximum absolute atomic E-state index is 13.4.